The van der Waals surface area contributed by atoms with Crippen LogP contribution in [0.4, 0.5) is 0 Å². The lowest BCUT2D eigenvalue weighted by Gasteiger charge is -2.07. The number of carbonyl (C=O) groups is 1. The van der Waals surface area contributed by atoms with Gasteiger partial charge in [0.25, 0.3) is 5.91 Å². The second-order valence-corrected chi connectivity index (χ2v) is 7.86. The van der Waals surface area contributed by atoms with Gasteiger partial charge in [0.1, 0.15) is 17.3 Å². The number of amides is 1. The zero-order valence-corrected chi connectivity index (χ0v) is 18.4. The van der Waals surface area contributed by atoms with Gasteiger partial charge in [0, 0.05) is 21.2 Å². The predicted octanol–water partition coefficient (Wildman–Crippen LogP) is 6.32. The molecule has 2 heterocycles. The molecule has 0 radical (unpaired) electrons. The summed E-state index contributed by atoms with van der Waals surface area (Å²) in [4.78, 5) is 12.4. The normalized spacial score (nSPS) is 10.6. The Hall–Kier alpha value is -3.06. The molecular formula is C23H16Cl2N2O3S. The van der Waals surface area contributed by atoms with Crippen LogP contribution in [0.25, 0.3) is 22.6 Å². The number of hydrogen-bond acceptors (Lipinski definition) is 4. The average molecular weight is 471 g/mol. The van der Waals surface area contributed by atoms with Gasteiger partial charge in [-0.15, -0.1) is 0 Å². The fraction of sp³-hybridized carbons (Fsp3) is 0.0435. The molecule has 0 bridgehead atoms. The molecule has 2 aromatic heterocycles. The molecule has 5 nitrogen and oxygen atoms in total. The maximum absolute atomic E-state index is 12.4. The minimum absolute atomic E-state index is 0.150. The Kier molecular flexibility index (Phi) is 6.42. The third-order valence-corrected chi connectivity index (χ3v) is 5.15. The van der Waals surface area contributed by atoms with Crippen LogP contribution in [0.1, 0.15) is 16.3 Å². The molecule has 0 spiro atoms. The first-order chi connectivity index (χ1) is 15.0. The van der Waals surface area contributed by atoms with Gasteiger partial charge in [-0.05, 0) is 85.0 Å². The Bertz CT molecular complexity index is 1210. The smallest absolute Gasteiger partial charge is 0.293 e. The molecule has 0 unspecified atom stereocenters. The molecule has 0 atom stereocenters. The molecular weight excluding hydrogens is 455 g/mol. The monoisotopic (exact) mass is 470 g/mol. The van der Waals surface area contributed by atoms with E-state index >= 15 is 0 Å². The fourth-order valence-corrected chi connectivity index (χ4v) is 3.26. The number of halogens is 2. The van der Waals surface area contributed by atoms with Crippen molar-refractivity contribution in [3.05, 3.63) is 94.4 Å². The quantitative estimate of drug-likeness (QED) is 0.334. The SMILES string of the molecule is O=C(NC(=S)NCc1ccc(-c2ccc(Cl)cc2)o1)c1ccc(-c2ccc(Cl)cc2)o1. The summed E-state index contributed by atoms with van der Waals surface area (Å²) in [5, 5.41) is 7.00. The molecule has 0 aliphatic heterocycles. The largest absolute Gasteiger partial charge is 0.459 e. The van der Waals surface area contributed by atoms with Crippen molar-refractivity contribution in [1.82, 2.24) is 10.6 Å². The van der Waals surface area contributed by atoms with E-state index in [0.29, 0.717) is 33.9 Å². The van der Waals surface area contributed by atoms with Gasteiger partial charge in [-0.3, -0.25) is 10.1 Å². The summed E-state index contributed by atoms with van der Waals surface area (Å²) in [6.07, 6.45) is 0. The van der Waals surface area contributed by atoms with Crippen molar-refractivity contribution in [2.75, 3.05) is 0 Å². The minimum Gasteiger partial charge on any atom is -0.459 e. The van der Waals surface area contributed by atoms with Gasteiger partial charge < -0.3 is 14.2 Å². The van der Waals surface area contributed by atoms with Crippen LogP contribution < -0.4 is 10.6 Å². The van der Waals surface area contributed by atoms with Gasteiger partial charge in [-0.1, -0.05) is 23.2 Å². The van der Waals surface area contributed by atoms with Crippen LogP contribution >= 0.6 is 35.4 Å². The van der Waals surface area contributed by atoms with Gasteiger partial charge in [0.05, 0.1) is 6.54 Å². The third-order valence-electron chi connectivity index (χ3n) is 4.40. The van der Waals surface area contributed by atoms with Crippen molar-refractivity contribution in [2.45, 2.75) is 6.54 Å². The van der Waals surface area contributed by atoms with Crippen LogP contribution in [0.5, 0.6) is 0 Å². The van der Waals surface area contributed by atoms with Crippen LogP contribution in [0.15, 0.2) is 81.6 Å². The number of carbonyl (C=O) groups excluding carboxylic acids is 1. The lowest BCUT2D eigenvalue weighted by atomic mass is 10.2. The molecule has 0 saturated carbocycles. The lowest BCUT2D eigenvalue weighted by molar-refractivity contribution is 0.0950. The predicted molar refractivity (Wildman–Crippen MR) is 125 cm³/mol. The van der Waals surface area contributed by atoms with Crippen LogP contribution in [0.3, 0.4) is 0 Å². The number of thiocarbonyl (C=S) groups is 1. The number of rotatable bonds is 5. The zero-order chi connectivity index (χ0) is 21.8. The fourth-order valence-electron chi connectivity index (χ4n) is 2.85. The first kappa shape index (κ1) is 21.2. The van der Waals surface area contributed by atoms with Crippen LogP contribution in [0, 0.1) is 0 Å². The average Bonchev–Trinajstić information content (AvgIpc) is 3.44. The molecule has 156 valence electrons. The van der Waals surface area contributed by atoms with E-state index in [0.717, 1.165) is 11.1 Å². The molecule has 31 heavy (non-hydrogen) atoms. The summed E-state index contributed by atoms with van der Waals surface area (Å²) in [6, 6.07) is 21.5. The first-order valence-electron chi connectivity index (χ1n) is 9.27. The van der Waals surface area contributed by atoms with Gasteiger partial charge in [-0.25, -0.2) is 0 Å². The molecule has 0 aliphatic rings. The van der Waals surface area contributed by atoms with Crippen molar-refractivity contribution < 1.29 is 13.6 Å². The minimum atomic E-state index is -0.445. The van der Waals surface area contributed by atoms with Crippen molar-refractivity contribution >= 4 is 46.4 Å². The Labute approximate surface area is 194 Å². The van der Waals surface area contributed by atoms with E-state index in [1.54, 1.807) is 36.4 Å². The molecule has 1 amide bonds. The van der Waals surface area contributed by atoms with Crippen LogP contribution in [-0.2, 0) is 6.54 Å². The van der Waals surface area contributed by atoms with Crippen molar-refractivity contribution in [1.29, 1.82) is 0 Å². The highest BCUT2D eigenvalue weighted by molar-refractivity contribution is 7.80. The summed E-state index contributed by atoms with van der Waals surface area (Å²) < 4.78 is 11.4. The topological polar surface area (TPSA) is 67.4 Å². The maximum atomic E-state index is 12.4. The van der Waals surface area contributed by atoms with Gasteiger partial charge in [0.15, 0.2) is 10.9 Å². The Morgan fingerprint density at radius 2 is 1.32 bits per heavy atom. The van der Waals surface area contributed by atoms with Crippen LogP contribution in [-0.4, -0.2) is 11.0 Å². The van der Waals surface area contributed by atoms with Crippen molar-refractivity contribution in [3.8, 4) is 22.6 Å². The number of furan rings is 2. The number of benzene rings is 2. The molecule has 4 rings (SSSR count). The van der Waals surface area contributed by atoms with E-state index < -0.39 is 5.91 Å². The standard InChI is InChI=1S/C23H16Cl2N2O3S/c24-16-5-1-14(2-6-16)19-10-9-18(29-19)13-26-23(31)27-22(28)21-12-11-20(30-21)15-3-7-17(25)8-4-15/h1-12H,13H2,(H2,26,27,28,31). The van der Waals surface area contributed by atoms with Gasteiger partial charge >= 0.3 is 0 Å². The highest BCUT2D eigenvalue weighted by Gasteiger charge is 2.14. The van der Waals surface area contributed by atoms with Crippen molar-refractivity contribution in [3.63, 3.8) is 0 Å². The van der Waals surface area contributed by atoms with Crippen LogP contribution in [0.2, 0.25) is 10.0 Å². The van der Waals surface area contributed by atoms with Gasteiger partial charge in [-0.2, -0.15) is 0 Å². The zero-order valence-electron chi connectivity index (χ0n) is 16.0. The second kappa shape index (κ2) is 9.39. The van der Waals surface area contributed by atoms with E-state index in [-0.39, 0.29) is 10.9 Å². The number of nitrogens with one attached hydrogen (secondary N) is 2. The second-order valence-electron chi connectivity index (χ2n) is 6.58. The summed E-state index contributed by atoms with van der Waals surface area (Å²) in [6.45, 7) is 0.320. The Morgan fingerprint density at radius 1 is 0.774 bits per heavy atom. The molecule has 0 aliphatic carbocycles. The van der Waals surface area contributed by atoms with Crippen molar-refractivity contribution in [2.24, 2.45) is 0 Å². The summed E-state index contributed by atoms with van der Waals surface area (Å²) >= 11 is 17.0. The summed E-state index contributed by atoms with van der Waals surface area (Å²) in [7, 11) is 0. The molecule has 4 aromatic rings. The Morgan fingerprint density at radius 3 is 1.94 bits per heavy atom. The first-order valence-corrected chi connectivity index (χ1v) is 10.4. The lowest BCUT2D eigenvalue weighted by Crippen LogP contribution is -2.38. The summed E-state index contributed by atoms with van der Waals surface area (Å²) in [5.41, 5.74) is 1.74. The summed E-state index contributed by atoms with van der Waals surface area (Å²) in [5.74, 6) is 1.65. The van der Waals surface area contributed by atoms with E-state index in [1.807, 2.05) is 36.4 Å². The number of hydrogen-bond donors (Lipinski definition) is 2. The Balaban J connectivity index is 1.31. The van der Waals surface area contributed by atoms with E-state index in [1.165, 1.54) is 0 Å². The molecule has 8 heteroatoms. The van der Waals surface area contributed by atoms with Gasteiger partial charge in [0.2, 0.25) is 0 Å². The van der Waals surface area contributed by atoms with E-state index in [9.17, 15) is 4.79 Å². The third kappa shape index (κ3) is 5.35. The maximum Gasteiger partial charge on any atom is 0.293 e. The van der Waals surface area contributed by atoms with E-state index in [4.69, 9.17) is 44.3 Å². The van der Waals surface area contributed by atoms with E-state index in [2.05, 4.69) is 10.6 Å². The molecule has 2 N–H and O–H groups in total. The highest BCUT2D eigenvalue weighted by Crippen LogP contribution is 2.25. The molecule has 2 aromatic carbocycles. The highest BCUT2D eigenvalue weighted by atomic mass is 35.5. The molecule has 0 fully saturated rings. The molecule has 0 saturated heterocycles.